The van der Waals surface area contributed by atoms with Gasteiger partial charge in [0.05, 0.1) is 55.2 Å². The molecule has 5 heterocycles. The molecule has 0 unspecified atom stereocenters. The van der Waals surface area contributed by atoms with E-state index in [2.05, 4.69) is 48.3 Å². The Morgan fingerprint density at radius 2 is 0.629 bits per heavy atom. The van der Waals surface area contributed by atoms with Gasteiger partial charge in [0.25, 0.3) is 0 Å². The predicted molar refractivity (Wildman–Crippen MR) is 317 cm³/mol. The molecule has 14 N–H and O–H groups in total. The Morgan fingerprint density at radius 1 is 0.348 bits per heavy atom. The van der Waals surface area contributed by atoms with Crippen LogP contribution in [-0.2, 0) is 70.0 Å². The number of rotatable bonds is 28. The molecule has 0 fully saturated rings. The molecule has 7 aromatic rings. The summed E-state index contributed by atoms with van der Waals surface area (Å²) in [6.45, 7) is -6.24. The number of sulfonamides is 6. The Kier molecular flexibility index (Phi) is 19.5. The van der Waals surface area contributed by atoms with Crippen LogP contribution in [0.5, 0.6) is 0 Å². The van der Waals surface area contributed by atoms with Crippen molar-refractivity contribution in [2.24, 2.45) is 0 Å². The van der Waals surface area contributed by atoms with Crippen molar-refractivity contribution >= 4 is 114 Å². The van der Waals surface area contributed by atoms with Crippen LogP contribution in [0.2, 0.25) is 0 Å². The second-order valence-corrected chi connectivity index (χ2v) is 31.8. The summed E-state index contributed by atoms with van der Waals surface area (Å²) in [7, 11) is -33.8. The zero-order valence-electron chi connectivity index (χ0n) is 46.2. The highest BCUT2D eigenvalue weighted by atomic mass is 32.2. The quantitative estimate of drug-likeness (QED) is 0.0233. The lowest BCUT2D eigenvalue weighted by molar-refractivity contribution is 0.300. The number of hydrogen-bond donors (Lipinski definition) is 14. The van der Waals surface area contributed by atoms with Crippen LogP contribution in [0.4, 0.5) is 0 Å². The van der Waals surface area contributed by atoms with E-state index in [9.17, 15) is 89.6 Å². The van der Waals surface area contributed by atoms with Gasteiger partial charge < -0.3 is 40.6 Å². The Hall–Kier alpha value is -6.59. The summed E-state index contributed by atoms with van der Waals surface area (Å²) in [5.41, 5.74) is -2.72. The van der Waals surface area contributed by atoms with Crippen molar-refractivity contribution in [1.82, 2.24) is 68.2 Å². The summed E-state index contributed by atoms with van der Waals surface area (Å²) in [5, 5.41) is 57.1. The van der Waals surface area contributed by atoms with Crippen LogP contribution in [0.15, 0.2) is 88.9 Å². The van der Waals surface area contributed by atoms with E-state index < -0.39 is 224 Å². The van der Waals surface area contributed by atoms with Gasteiger partial charge in [0.15, 0.2) is 33.1 Å². The summed E-state index contributed by atoms with van der Waals surface area (Å²) in [5.74, 6) is -2.63. The zero-order chi connectivity index (χ0) is 64.6. The minimum atomic E-state index is -4.97. The molecule has 8 bridgehead atoms. The topological polar surface area (TPSA) is 541 Å². The molecule has 0 saturated heterocycles. The first-order valence-corrected chi connectivity index (χ1v) is 36.9. The highest BCUT2D eigenvalue weighted by molar-refractivity contribution is 7.94. The van der Waals surface area contributed by atoms with Crippen molar-refractivity contribution in [3.63, 3.8) is 0 Å². The van der Waals surface area contributed by atoms with Gasteiger partial charge in [0.1, 0.15) is 47.1 Å². The van der Waals surface area contributed by atoms with Gasteiger partial charge in [-0.2, -0.15) is 0 Å². The number of aromatic amines is 2. The van der Waals surface area contributed by atoms with E-state index in [4.69, 9.17) is 19.9 Å². The Balaban J connectivity index is 1.55. The molecule has 0 aliphatic carbocycles. The number of aliphatic hydroxyl groups is 6. The molecule has 0 saturated carbocycles. The van der Waals surface area contributed by atoms with Crippen LogP contribution in [0.3, 0.4) is 0 Å². The van der Waals surface area contributed by atoms with Crippen LogP contribution in [-0.4, -0.2) is 214 Å². The number of aromatic nitrogens is 8. The fourth-order valence-corrected chi connectivity index (χ4v) is 19.4. The third-order valence-electron chi connectivity index (χ3n) is 13.3. The van der Waals surface area contributed by atoms with E-state index in [-0.39, 0.29) is 61.5 Å². The Morgan fingerprint density at radius 3 is 0.944 bits per heavy atom. The van der Waals surface area contributed by atoms with Gasteiger partial charge in [0, 0.05) is 83.1 Å². The number of hydrogen-bond acceptors (Lipinski definition) is 26. The lowest BCUT2D eigenvalue weighted by atomic mass is 10.1. The normalized spacial score (nSPS) is 13.3. The number of unbranched alkanes of at least 4 members (excludes halogenated alkanes) is 1. The molecule has 0 atom stereocenters. The maximum Gasteiger partial charge on any atom is 0.242 e. The minimum absolute atomic E-state index is 0.0158. The average molecular weight is 1370 g/mol. The van der Waals surface area contributed by atoms with Crippen molar-refractivity contribution in [3.05, 3.63) is 54.6 Å². The zero-order valence-corrected chi connectivity index (χ0v) is 52.0. The van der Waals surface area contributed by atoms with E-state index in [1.165, 1.54) is 6.07 Å². The van der Waals surface area contributed by atoms with E-state index in [1.54, 1.807) is 6.92 Å². The number of nitrogens with zero attached hydrogens (tertiary/aromatic N) is 6. The van der Waals surface area contributed by atoms with Crippen molar-refractivity contribution in [3.8, 4) is 45.6 Å². The van der Waals surface area contributed by atoms with Crippen LogP contribution < -0.4 is 28.3 Å². The second kappa shape index (κ2) is 26.0. The van der Waals surface area contributed by atoms with Crippen LogP contribution in [0, 0.1) is 0 Å². The van der Waals surface area contributed by atoms with Gasteiger partial charge in [0.2, 0.25) is 60.1 Å². The van der Waals surface area contributed by atoms with E-state index >= 15 is 0 Å². The third-order valence-corrected chi connectivity index (χ3v) is 24.5. The molecular weight excluding hydrogens is 1320 g/mol. The first kappa shape index (κ1) is 66.8. The van der Waals surface area contributed by atoms with E-state index in [0.29, 0.717) is 6.42 Å². The van der Waals surface area contributed by atoms with Crippen molar-refractivity contribution in [2.75, 3.05) is 84.7 Å². The molecular formula is C48H56N14O20S7. The summed E-state index contributed by atoms with van der Waals surface area (Å²) >= 11 is 0. The van der Waals surface area contributed by atoms with Crippen LogP contribution in [0.1, 0.15) is 19.8 Å². The molecule has 41 heteroatoms. The molecule has 9 rings (SSSR count). The molecule has 34 nitrogen and oxygen atoms in total. The second-order valence-electron chi connectivity index (χ2n) is 19.3. The van der Waals surface area contributed by atoms with E-state index in [0.717, 1.165) is 48.5 Å². The van der Waals surface area contributed by atoms with Gasteiger partial charge in [-0.05, 0) is 61.0 Å². The van der Waals surface area contributed by atoms with Gasteiger partial charge in [-0.1, -0.05) is 13.3 Å². The number of sulfone groups is 1. The maximum atomic E-state index is 14.4. The fraction of sp³-hybridized carbons (Fsp3) is 0.333. The highest BCUT2D eigenvalue weighted by Crippen LogP contribution is 2.43. The van der Waals surface area contributed by atoms with Crippen molar-refractivity contribution in [1.29, 1.82) is 0 Å². The molecule has 2 aliphatic heterocycles. The molecule has 2 aliphatic rings. The smallest absolute Gasteiger partial charge is 0.242 e. The molecule has 480 valence electrons. The summed E-state index contributed by atoms with van der Waals surface area (Å²) in [6, 6.07) is 8.67. The number of benzene rings is 4. The van der Waals surface area contributed by atoms with Crippen molar-refractivity contribution in [2.45, 2.75) is 54.0 Å². The monoisotopic (exact) mass is 1370 g/mol. The predicted octanol–water partition coefficient (Wildman–Crippen LogP) is -2.93. The summed E-state index contributed by atoms with van der Waals surface area (Å²) < 4.78 is 210. The Bertz CT molecular complexity index is 4970. The fourth-order valence-electron chi connectivity index (χ4n) is 9.25. The number of nitrogens with one attached hydrogen (secondary N) is 8. The molecule has 0 amide bonds. The average Bonchev–Trinajstić information content (AvgIpc) is 1.69. The number of aliphatic hydroxyl groups excluding tert-OH is 6. The van der Waals surface area contributed by atoms with Crippen LogP contribution in [0.25, 0.3) is 89.7 Å². The summed E-state index contributed by atoms with van der Waals surface area (Å²) in [6.07, 6.45) is 0.350. The van der Waals surface area contributed by atoms with E-state index in [1.807, 2.05) is 0 Å². The molecule has 0 spiro atoms. The third kappa shape index (κ3) is 13.4. The molecule has 4 aromatic carbocycles. The largest absolute Gasteiger partial charge is 0.395 e. The maximum absolute atomic E-state index is 14.4. The lowest BCUT2D eigenvalue weighted by Gasteiger charge is -2.14. The number of fused-ring (bicyclic) bond motifs is 20. The summed E-state index contributed by atoms with van der Waals surface area (Å²) in [4.78, 5) is 28.0. The highest BCUT2D eigenvalue weighted by Gasteiger charge is 2.36. The van der Waals surface area contributed by atoms with Gasteiger partial charge in [-0.25, -0.2) is 117 Å². The first-order valence-electron chi connectivity index (χ1n) is 26.4. The first-order chi connectivity index (χ1) is 42.0. The Labute approximate surface area is 507 Å². The SMILES string of the molecule is CCCCS(=O)(=O)c1cc2c3nc4nc(nc5[nH]c(nc6nc(nc([nH]3)c2cc1S(=O)(=O)NCCO)-c1cc(S(=O)(=O)NCCO)c(S(=O)(=O)NCCO)cc1-6)c1ccc(S(=O)(=O)NCCO)cc51)-c1cc(S(=O)(=O)NCCO)c(S(=O)(=O)NCCO)cc1-4. The van der Waals surface area contributed by atoms with Gasteiger partial charge >= 0.3 is 0 Å². The lowest BCUT2D eigenvalue weighted by Crippen LogP contribution is -2.31. The van der Waals surface area contributed by atoms with Crippen molar-refractivity contribution < 1.29 is 89.6 Å². The van der Waals surface area contributed by atoms with Gasteiger partial charge in [-0.3, -0.25) is 0 Å². The molecule has 0 radical (unpaired) electrons. The molecule has 89 heavy (non-hydrogen) atoms. The standard InChI is InChI=1S/C48H56N14O20S7/c1-2-3-18-83(69,70)35-20-29-30(21-36(35)85(73,74)50-7-13-64)45-58-43(29)59-47-34-25-40(89(81,82)54-11-17-68)39(88(79,80)53-10-16-67)24-33(34)46(62-47)57-42-28-19-26(84(71,72)49-6-12-63)4-5-27(28)41(55-42)56-44-31-22-37(86(75,76)51-8-14-65)38(87(77,78)52-9-15-66)23-32(31)48(60-44)61-45/h4-5,19-25,49-54,63-68H,2-3,6-18H2,1H3,(H2,55,56,57,58,59,60,61,62). The molecule has 3 aromatic heterocycles. The van der Waals surface area contributed by atoms with Crippen LogP contribution >= 0.6 is 0 Å². The number of H-pyrrole nitrogens is 2. The minimum Gasteiger partial charge on any atom is -0.395 e. The van der Waals surface area contributed by atoms with Gasteiger partial charge in [-0.15, -0.1) is 0 Å².